The quantitative estimate of drug-likeness (QED) is 0.260. The van der Waals surface area contributed by atoms with Crippen molar-refractivity contribution in [1.29, 1.82) is 0 Å². The number of para-hydroxylation sites is 2. The fourth-order valence-electron chi connectivity index (χ4n) is 4.41. The molecule has 4 heterocycles. The normalized spacial score (nSPS) is 14.0. The maximum absolute atomic E-state index is 12.6. The first-order valence-electron chi connectivity index (χ1n) is 12.4. The minimum absolute atomic E-state index is 0.216. The Bertz CT molecular complexity index is 1570. The second kappa shape index (κ2) is 10.6. The molecule has 4 N–H and O–H groups in total. The summed E-state index contributed by atoms with van der Waals surface area (Å²) in [4.78, 5) is 24.4. The Morgan fingerprint density at radius 3 is 2.71 bits per heavy atom. The fraction of sp³-hybridized carbons (Fsp3) is 0.179. The van der Waals surface area contributed by atoms with Crippen molar-refractivity contribution in [2.45, 2.75) is 6.54 Å². The lowest BCUT2D eigenvalue weighted by atomic mass is 10.2. The van der Waals surface area contributed by atoms with Gasteiger partial charge in [0.25, 0.3) is 5.91 Å². The Labute approximate surface area is 223 Å². The van der Waals surface area contributed by atoms with Gasteiger partial charge in [0, 0.05) is 42.5 Å². The van der Waals surface area contributed by atoms with Gasteiger partial charge in [0.1, 0.15) is 11.3 Å². The van der Waals surface area contributed by atoms with E-state index >= 15 is 0 Å². The van der Waals surface area contributed by atoms with Crippen molar-refractivity contribution in [3.05, 3.63) is 89.6 Å². The number of nitrogens with zero attached hydrogens (tertiary/aromatic N) is 4. The van der Waals surface area contributed by atoms with E-state index in [1.165, 1.54) is 16.9 Å². The molecule has 38 heavy (non-hydrogen) atoms. The summed E-state index contributed by atoms with van der Waals surface area (Å²) in [6.07, 6.45) is 3.92. The molecule has 0 aliphatic carbocycles. The number of rotatable bonds is 7. The van der Waals surface area contributed by atoms with Gasteiger partial charge < -0.3 is 21.1 Å². The van der Waals surface area contributed by atoms with E-state index in [4.69, 9.17) is 15.5 Å². The number of anilines is 4. The number of thiazole rings is 1. The van der Waals surface area contributed by atoms with Crippen LogP contribution in [0.15, 0.2) is 78.4 Å². The van der Waals surface area contributed by atoms with Gasteiger partial charge in [0.2, 0.25) is 0 Å². The first-order valence-corrected chi connectivity index (χ1v) is 13.3. The van der Waals surface area contributed by atoms with E-state index in [0.717, 1.165) is 60.7 Å². The molecular formula is C28H27N7O2S. The van der Waals surface area contributed by atoms with Crippen molar-refractivity contribution in [2.24, 2.45) is 0 Å². The Kier molecular flexibility index (Phi) is 6.74. The Morgan fingerprint density at radius 1 is 1.08 bits per heavy atom. The van der Waals surface area contributed by atoms with Gasteiger partial charge in [0.05, 0.1) is 36.5 Å². The number of fused-ring (bicyclic) bond motifs is 1. The summed E-state index contributed by atoms with van der Waals surface area (Å²) in [5.74, 6) is -0.216. The van der Waals surface area contributed by atoms with E-state index in [9.17, 15) is 4.79 Å². The van der Waals surface area contributed by atoms with Gasteiger partial charge in [-0.3, -0.25) is 14.1 Å². The highest BCUT2D eigenvalue weighted by Gasteiger charge is 2.14. The summed E-state index contributed by atoms with van der Waals surface area (Å²) in [5, 5.41) is 8.94. The number of carbonyl (C=O) groups is 1. The highest BCUT2D eigenvalue weighted by Crippen LogP contribution is 2.28. The lowest BCUT2D eigenvalue weighted by Crippen LogP contribution is -2.35. The number of imidazole rings is 1. The average Bonchev–Trinajstić information content (AvgIpc) is 3.57. The number of hydrogen-bond donors (Lipinski definition) is 3. The van der Waals surface area contributed by atoms with Crippen LogP contribution in [0.2, 0.25) is 0 Å². The van der Waals surface area contributed by atoms with Crippen LogP contribution >= 0.6 is 11.3 Å². The lowest BCUT2D eigenvalue weighted by Gasteiger charge is -2.26. The summed E-state index contributed by atoms with van der Waals surface area (Å²) < 4.78 is 7.51. The van der Waals surface area contributed by atoms with E-state index in [2.05, 4.69) is 43.2 Å². The van der Waals surface area contributed by atoms with E-state index in [0.29, 0.717) is 16.9 Å². The number of morpholine rings is 1. The summed E-state index contributed by atoms with van der Waals surface area (Å²) >= 11 is 1.52. The number of aromatic nitrogens is 3. The molecule has 1 aliphatic heterocycles. The molecule has 0 bridgehead atoms. The monoisotopic (exact) mass is 525 g/mol. The van der Waals surface area contributed by atoms with Crippen LogP contribution in [0.5, 0.6) is 0 Å². The second-order valence-corrected chi connectivity index (χ2v) is 9.93. The lowest BCUT2D eigenvalue weighted by molar-refractivity contribution is 0.0342. The predicted octanol–water partition coefficient (Wildman–Crippen LogP) is 4.87. The van der Waals surface area contributed by atoms with E-state index in [1.54, 1.807) is 24.3 Å². The molecule has 2 aromatic carbocycles. The third-order valence-corrected chi connectivity index (χ3v) is 7.22. The van der Waals surface area contributed by atoms with Crippen molar-refractivity contribution in [3.8, 4) is 11.4 Å². The van der Waals surface area contributed by atoms with Crippen LogP contribution in [0.25, 0.3) is 17.0 Å². The molecule has 1 saturated heterocycles. The topological polar surface area (TPSA) is 110 Å². The van der Waals surface area contributed by atoms with Crippen LogP contribution < -0.4 is 16.4 Å². The van der Waals surface area contributed by atoms with Crippen LogP contribution in [-0.2, 0) is 11.3 Å². The van der Waals surface area contributed by atoms with Crippen molar-refractivity contribution in [2.75, 3.05) is 42.7 Å². The largest absolute Gasteiger partial charge is 0.397 e. The minimum Gasteiger partial charge on any atom is -0.397 e. The smallest absolute Gasteiger partial charge is 0.255 e. The maximum atomic E-state index is 12.6. The van der Waals surface area contributed by atoms with Crippen LogP contribution in [0.3, 0.4) is 0 Å². The molecule has 1 fully saturated rings. The number of hydrogen-bond acceptors (Lipinski definition) is 8. The number of benzene rings is 2. The first kappa shape index (κ1) is 24.1. The molecule has 0 spiro atoms. The van der Waals surface area contributed by atoms with Gasteiger partial charge in [-0.25, -0.2) is 9.97 Å². The zero-order valence-electron chi connectivity index (χ0n) is 20.6. The van der Waals surface area contributed by atoms with Gasteiger partial charge in [-0.15, -0.1) is 11.3 Å². The molecule has 0 unspecified atom stereocenters. The van der Waals surface area contributed by atoms with Gasteiger partial charge >= 0.3 is 0 Å². The standard InChI is InChI=1S/C28H27N7O2S/c29-22-3-1-2-4-23(22)32-27(36)20-5-7-21(8-6-20)31-28-33-24(18-38-28)25-16-30-26-15-19(9-10-35(25)26)17-34-11-13-37-14-12-34/h1-10,15-16,18H,11-14,17,29H2,(H,31,33)(H,32,36). The van der Waals surface area contributed by atoms with Crippen molar-refractivity contribution in [1.82, 2.24) is 19.3 Å². The highest BCUT2D eigenvalue weighted by atomic mass is 32.1. The van der Waals surface area contributed by atoms with Crippen LogP contribution in [0, 0.1) is 0 Å². The molecular weight excluding hydrogens is 498 g/mol. The summed E-state index contributed by atoms with van der Waals surface area (Å²) in [6.45, 7) is 4.39. The van der Waals surface area contributed by atoms with Crippen LogP contribution in [-0.4, -0.2) is 51.5 Å². The molecule has 1 amide bonds. The minimum atomic E-state index is -0.216. The Morgan fingerprint density at radius 2 is 1.89 bits per heavy atom. The SMILES string of the molecule is Nc1ccccc1NC(=O)c1ccc(Nc2nc(-c3cnc4cc(CN5CCOCC5)ccn34)cs2)cc1. The van der Waals surface area contributed by atoms with Crippen molar-refractivity contribution < 1.29 is 9.53 Å². The predicted molar refractivity (Wildman–Crippen MR) is 151 cm³/mol. The van der Waals surface area contributed by atoms with Gasteiger partial charge in [-0.1, -0.05) is 12.1 Å². The number of amides is 1. The van der Waals surface area contributed by atoms with Crippen LogP contribution in [0.1, 0.15) is 15.9 Å². The fourth-order valence-corrected chi connectivity index (χ4v) is 5.14. The van der Waals surface area contributed by atoms with Crippen LogP contribution in [0.4, 0.5) is 22.2 Å². The van der Waals surface area contributed by atoms with E-state index in [1.807, 2.05) is 35.8 Å². The number of carbonyl (C=O) groups excluding carboxylic acids is 1. The molecule has 0 atom stereocenters. The Balaban J connectivity index is 1.12. The molecule has 192 valence electrons. The number of nitrogens with two attached hydrogens (primary N) is 1. The molecule has 0 saturated carbocycles. The zero-order chi connectivity index (χ0) is 25.9. The summed E-state index contributed by atoms with van der Waals surface area (Å²) in [6, 6.07) is 18.7. The highest BCUT2D eigenvalue weighted by molar-refractivity contribution is 7.14. The number of pyridine rings is 1. The van der Waals surface area contributed by atoms with Gasteiger partial charge in [-0.2, -0.15) is 0 Å². The third kappa shape index (κ3) is 5.23. The molecule has 0 radical (unpaired) electrons. The number of nitrogen functional groups attached to an aromatic ring is 1. The number of ether oxygens (including phenoxy) is 1. The van der Waals surface area contributed by atoms with E-state index in [-0.39, 0.29) is 5.91 Å². The van der Waals surface area contributed by atoms with Gasteiger partial charge in [-0.05, 0) is 54.1 Å². The third-order valence-electron chi connectivity index (χ3n) is 6.46. The summed E-state index contributed by atoms with van der Waals surface area (Å²) in [5.41, 5.74) is 12.4. The van der Waals surface area contributed by atoms with Crippen molar-refractivity contribution in [3.63, 3.8) is 0 Å². The molecule has 9 nitrogen and oxygen atoms in total. The van der Waals surface area contributed by atoms with E-state index < -0.39 is 0 Å². The zero-order valence-corrected chi connectivity index (χ0v) is 21.4. The van der Waals surface area contributed by atoms with Gasteiger partial charge in [0.15, 0.2) is 5.13 Å². The average molecular weight is 526 g/mol. The molecule has 3 aromatic heterocycles. The molecule has 5 aromatic rings. The summed E-state index contributed by atoms with van der Waals surface area (Å²) in [7, 11) is 0. The number of nitrogens with one attached hydrogen (secondary N) is 2. The first-order chi connectivity index (χ1) is 18.6. The molecule has 1 aliphatic rings. The van der Waals surface area contributed by atoms with Crippen molar-refractivity contribution >= 4 is 45.1 Å². The molecule has 10 heteroatoms. The Hall–Kier alpha value is -4.25. The maximum Gasteiger partial charge on any atom is 0.255 e. The molecule has 6 rings (SSSR count). The second-order valence-electron chi connectivity index (χ2n) is 9.08.